The van der Waals surface area contributed by atoms with Gasteiger partial charge < -0.3 is 15.6 Å². The summed E-state index contributed by atoms with van der Waals surface area (Å²) in [5.74, 6) is 2.49. The Balaban J connectivity index is 2.10. The van der Waals surface area contributed by atoms with E-state index in [4.69, 9.17) is 0 Å². The molecule has 5 heteroatoms. The van der Waals surface area contributed by atoms with Gasteiger partial charge >= 0.3 is 0 Å². The summed E-state index contributed by atoms with van der Waals surface area (Å²) in [6, 6.07) is 6.10. The summed E-state index contributed by atoms with van der Waals surface area (Å²) in [5, 5.41) is 6.37. The monoisotopic (exact) mass is 217 g/mol. The number of nitrogens with one attached hydrogen (secondary N) is 3. The zero-order valence-electron chi connectivity index (χ0n) is 9.36. The smallest absolute Gasteiger partial charge is 0.136 e. The van der Waals surface area contributed by atoms with Crippen molar-refractivity contribution in [3.05, 3.63) is 30.7 Å². The third-order valence-electron chi connectivity index (χ3n) is 1.96. The molecular formula is C11H15N5. The number of rotatable bonds is 4. The van der Waals surface area contributed by atoms with E-state index in [2.05, 4.69) is 39.4 Å². The van der Waals surface area contributed by atoms with E-state index in [1.807, 2.05) is 24.4 Å². The quantitative estimate of drug-likeness (QED) is 0.735. The number of aromatic amines is 1. The summed E-state index contributed by atoms with van der Waals surface area (Å²) in [6.07, 6.45) is 3.40. The van der Waals surface area contributed by atoms with Crippen molar-refractivity contribution in [1.29, 1.82) is 0 Å². The summed E-state index contributed by atoms with van der Waals surface area (Å²) in [5.41, 5.74) is 0. The Hall–Kier alpha value is -2.04. The van der Waals surface area contributed by atoms with E-state index in [9.17, 15) is 0 Å². The van der Waals surface area contributed by atoms with Gasteiger partial charge in [-0.25, -0.2) is 9.97 Å². The molecule has 0 amide bonds. The second kappa shape index (κ2) is 4.65. The maximum absolute atomic E-state index is 4.14. The minimum Gasteiger partial charge on any atom is -0.368 e. The molecule has 16 heavy (non-hydrogen) atoms. The lowest BCUT2D eigenvalue weighted by Gasteiger charge is -2.09. The van der Waals surface area contributed by atoms with E-state index < -0.39 is 0 Å². The second-order valence-electron chi connectivity index (χ2n) is 3.80. The molecule has 0 atom stereocenters. The molecule has 0 aliphatic heterocycles. The standard InChI is InChI=1S/C11H15N5/c1-8(2)15-10-6-11(14-7-13-10)16-9-4-3-5-12-9/h3-8,12H,1-2H3,(H2,13,14,15,16). The fraction of sp³-hybridized carbons (Fsp3) is 0.273. The molecule has 0 bridgehead atoms. The lowest BCUT2D eigenvalue weighted by atomic mass is 10.4. The van der Waals surface area contributed by atoms with Crippen molar-refractivity contribution in [1.82, 2.24) is 15.0 Å². The molecule has 0 saturated heterocycles. The van der Waals surface area contributed by atoms with Crippen molar-refractivity contribution in [2.24, 2.45) is 0 Å². The highest BCUT2D eigenvalue weighted by Gasteiger charge is 2.00. The van der Waals surface area contributed by atoms with Crippen LogP contribution in [0.4, 0.5) is 17.5 Å². The van der Waals surface area contributed by atoms with Gasteiger partial charge in [-0.05, 0) is 26.0 Å². The molecule has 0 radical (unpaired) electrons. The minimum absolute atomic E-state index is 0.355. The Kier molecular flexibility index (Phi) is 3.05. The molecule has 2 rings (SSSR count). The van der Waals surface area contributed by atoms with E-state index in [0.29, 0.717) is 6.04 Å². The van der Waals surface area contributed by atoms with Crippen LogP contribution in [-0.4, -0.2) is 21.0 Å². The molecular weight excluding hydrogens is 202 g/mol. The van der Waals surface area contributed by atoms with Gasteiger partial charge in [-0.3, -0.25) is 0 Å². The lowest BCUT2D eigenvalue weighted by molar-refractivity contribution is 0.886. The van der Waals surface area contributed by atoms with Crippen molar-refractivity contribution in [3.8, 4) is 0 Å². The van der Waals surface area contributed by atoms with Gasteiger partial charge in [0.1, 0.15) is 23.8 Å². The summed E-state index contributed by atoms with van der Waals surface area (Å²) >= 11 is 0. The Morgan fingerprint density at radius 2 is 2.06 bits per heavy atom. The Labute approximate surface area is 94.3 Å². The molecule has 0 aromatic carbocycles. The van der Waals surface area contributed by atoms with E-state index in [0.717, 1.165) is 17.5 Å². The Morgan fingerprint density at radius 3 is 2.75 bits per heavy atom. The Bertz CT molecular complexity index is 435. The third kappa shape index (κ3) is 2.73. The van der Waals surface area contributed by atoms with Gasteiger partial charge in [0.15, 0.2) is 0 Å². The maximum atomic E-state index is 4.14. The number of hydrogen-bond donors (Lipinski definition) is 3. The van der Waals surface area contributed by atoms with Gasteiger partial charge in [-0.1, -0.05) is 0 Å². The van der Waals surface area contributed by atoms with Crippen molar-refractivity contribution in [3.63, 3.8) is 0 Å². The molecule has 2 aromatic heterocycles. The van der Waals surface area contributed by atoms with Crippen LogP contribution >= 0.6 is 0 Å². The molecule has 0 saturated carbocycles. The van der Waals surface area contributed by atoms with Gasteiger partial charge in [0.05, 0.1) is 0 Å². The summed E-state index contributed by atoms with van der Waals surface area (Å²) in [6.45, 7) is 4.14. The predicted molar refractivity (Wildman–Crippen MR) is 64.9 cm³/mol. The van der Waals surface area contributed by atoms with Crippen LogP contribution in [0.2, 0.25) is 0 Å². The number of H-pyrrole nitrogens is 1. The highest BCUT2D eigenvalue weighted by molar-refractivity contribution is 5.55. The average molecular weight is 217 g/mol. The first kappa shape index (κ1) is 10.5. The number of hydrogen-bond acceptors (Lipinski definition) is 4. The average Bonchev–Trinajstić information content (AvgIpc) is 2.70. The highest BCUT2D eigenvalue weighted by Crippen LogP contribution is 2.14. The first-order valence-electron chi connectivity index (χ1n) is 5.23. The maximum Gasteiger partial charge on any atom is 0.136 e. The lowest BCUT2D eigenvalue weighted by Crippen LogP contribution is -2.11. The van der Waals surface area contributed by atoms with Crippen LogP contribution in [0.3, 0.4) is 0 Å². The molecule has 0 spiro atoms. The van der Waals surface area contributed by atoms with Gasteiger partial charge in [0.25, 0.3) is 0 Å². The molecule has 5 nitrogen and oxygen atoms in total. The predicted octanol–water partition coefficient (Wildman–Crippen LogP) is 2.37. The van der Waals surface area contributed by atoms with Gasteiger partial charge in [0.2, 0.25) is 0 Å². The normalized spacial score (nSPS) is 10.4. The van der Waals surface area contributed by atoms with Crippen LogP contribution < -0.4 is 10.6 Å². The second-order valence-corrected chi connectivity index (χ2v) is 3.80. The van der Waals surface area contributed by atoms with Crippen LogP contribution in [0.15, 0.2) is 30.7 Å². The van der Waals surface area contributed by atoms with E-state index >= 15 is 0 Å². The van der Waals surface area contributed by atoms with Gasteiger partial charge in [0, 0.05) is 18.3 Å². The molecule has 84 valence electrons. The highest BCUT2D eigenvalue weighted by atomic mass is 15.1. The molecule has 0 unspecified atom stereocenters. The summed E-state index contributed by atoms with van der Waals surface area (Å²) < 4.78 is 0. The first-order chi connectivity index (χ1) is 7.74. The number of anilines is 3. The van der Waals surface area contributed by atoms with Crippen LogP contribution in [-0.2, 0) is 0 Å². The zero-order chi connectivity index (χ0) is 11.4. The van der Waals surface area contributed by atoms with Crippen LogP contribution in [0.25, 0.3) is 0 Å². The van der Waals surface area contributed by atoms with Crippen molar-refractivity contribution in [2.75, 3.05) is 10.6 Å². The number of nitrogens with zero attached hydrogens (tertiary/aromatic N) is 2. The fourth-order valence-corrected chi connectivity index (χ4v) is 1.35. The van der Waals surface area contributed by atoms with Crippen LogP contribution in [0.1, 0.15) is 13.8 Å². The van der Waals surface area contributed by atoms with Crippen LogP contribution in [0.5, 0.6) is 0 Å². The van der Waals surface area contributed by atoms with Crippen LogP contribution in [0, 0.1) is 0 Å². The fourth-order valence-electron chi connectivity index (χ4n) is 1.35. The topological polar surface area (TPSA) is 65.6 Å². The van der Waals surface area contributed by atoms with E-state index in [1.165, 1.54) is 6.33 Å². The van der Waals surface area contributed by atoms with Gasteiger partial charge in [-0.15, -0.1) is 0 Å². The van der Waals surface area contributed by atoms with Gasteiger partial charge in [-0.2, -0.15) is 0 Å². The van der Waals surface area contributed by atoms with E-state index in [-0.39, 0.29) is 0 Å². The van der Waals surface area contributed by atoms with Crippen molar-refractivity contribution in [2.45, 2.75) is 19.9 Å². The third-order valence-corrected chi connectivity index (χ3v) is 1.96. The van der Waals surface area contributed by atoms with Crippen molar-refractivity contribution < 1.29 is 0 Å². The summed E-state index contributed by atoms with van der Waals surface area (Å²) in [4.78, 5) is 11.3. The SMILES string of the molecule is CC(C)Nc1cc(Nc2ccc[nH]2)ncn1. The minimum atomic E-state index is 0.355. The molecule has 0 fully saturated rings. The van der Waals surface area contributed by atoms with Crippen molar-refractivity contribution >= 4 is 17.5 Å². The molecule has 2 aromatic rings. The largest absolute Gasteiger partial charge is 0.368 e. The molecule has 3 N–H and O–H groups in total. The molecule has 0 aliphatic carbocycles. The zero-order valence-corrected chi connectivity index (χ0v) is 9.36. The van der Waals surface area contributed by atoms with E-state index in [1.54, 1.807) is 0 Å². The number of aromatic nitrogens is 3. The Morgan fingerprint density at radius 1 is 1.25 bits per heavy atom. The summed E-state index contributed by atoms with van der Waals surface area (Å²) in [7, 11) is 0. The first-order valence-corrected chi connectivity index (χ1v) is 5.23. The molecule has 2 heterocycles. The molecule has 0 aliphatic rings.